The van der Waals surface area contributed by atoms with Crippen molar-refractivity contribution in [1.29, 1.82) is 0 Å². The molecule has 0 unspecified atom stereocenters. The highest BCUT2D eigenvalue weighted by Crippen LogP contribution is 2.26. The summed E-state index contributed by atoms with van der Waals surface area (Å²) < 4.78 is 25.6. The van der Waals surface area contributed by atoms with E-state index in [0.717, 1.165) is 11.6 Å². The van der Waals surface area contributed by atoms with E-state index in [1.165, 1.54) is 29.2 Å². The van der Waals surface area contributed by atoms with Gasteiger partial charge < -0.3 is 9.15 Å². The second-order valence-corrected chi connectivity index (χ2v) is 7.84. The van der Waals surface area contributed by atoms with Gasteiger partial charge in [-0.25, -0.2) is 14.1 Å². The molecule has 32 heavy (non-hydrogen) atoms. The molecule has 0 radical (unpaired) electrons. The molecule has 0 saturated carbocycles. The van der Waals surface area contributed by atoms with Crippen molar-refractivity contribution >= 4 is 46.7 Å². The number of nitrogens with zero attached hydrogens (tertiary/aromatic N) is 3. The van der Waals surface area contributed by atoms with Gasteiger partial charge in [0.1, 0.15) is 30.3 Å². The number of amides is 1. The van der Waals surface area contributed by atoms with Gasteiger partial charge in [0.2, 0.25) is 5.95 Å². The molecule has 4 rings (SSSR count). The van der Waals surface area contributed by atoms with Crippen LogP contribution in [0.1, 0.15) is 21.9 Å². The number of carbonyl (C=O) groups excluding carboxylic acids is 1. The summed E-state index contributed by atoms with van der Waals surface area (Å²) in [4.78, 5) is 16.5. The second-order valence-electron chi connectivity index (χ2n) is 6.58. The van der Waals surface area contributed by atoms with Crippen molar-refractivity contribution < 1.29 is 18.3 Å². The molecule has 0 saturated heterocycles. The molecule has 1 amide bonds. The predicted octanol–water partition coefficient (Wildman–Crippen LogP) is 5.85. The minimum Gasteiger partial charge on any atom is -0.484 e. The Bertz CT molecular complexity index is 1270. The van der Waals surface area contributed by atoms with Crippen LogP contribution < -0.4 is 10.1 Å². The summed E-state index contributed by atoms with van der Waals surface area (Å²) in [6.45, 7) is 0.362. The van der Waals surface area contributed by atoms with Crippen molar-refractivity contribution in [3.63, 3.8) is 0 Å². The highest BCUT2D eigenvalue weighted by Gasteiger charge is 2.15. The molecule has 2 heterocycles. The Morgan fingerprint density at radius 2 is 1.94 bits per heavy atom. The zero-order chi connectivity index (χ0) is 22.7. The van der Waals surface area contributed by atoms with Gasteiger partial charge in [-0.05, 0) is 48.0 Å². The molecule has 1 N–H and O–H groups in total. The van der Waals surface area contributed by atoms with Gasteiger partial charge in [-0.15, -0.1) is 5.10 Å². The summed E-state index contributed by atoms with van der Waals surface area (Å²) in [6, 6.07) is 12.0. The van der Waals surface area contributed by atoms with Crippen LogP contribution in [0.2, 0.25) is 15.1 Å². The first-order chi connectivity index (χ1) is 15.4. The lowest BCUT2D eigenvalue weighted by atomic mass is 10.2. The van der Waals surface area contributed by atoms with E-state index < -0.39 is 11.7 Å². The molecule has 0 bridgehead atoms. The number of furan rings is 1. The second kappa shape index (κ2) is 9.60. The summed E-state index contributed by atoms with van der Waals surface area (Å²) in [5, 5.41) is 7.94. The summed E-state index contributed by atoms with van der Waals surface area (Å²) in [5.41, 5.74) is 0.802. The zero-order valence-corrected chi connectivity index (χ0v) is 18.5. The normalized spacial score (nSPS) is 10.9. The first-order valence-electron chi connectivity index (χ1n) is 9.18. The van der Waals surface area contributed by atoms with E-state index in [0.29, 0.717) is 28.1 Å². The summed E-state index contributed by atoms with van der Waals surface area (Å²) >= 11 is 18.0. The van der Waals surface area contributed by atoms with Crippen LogP contribution in [0.4, 0.5) is 10.3 Å². The molecule has 7 nitrogen and oxygen atoms in total. The first-order valence-corrected chi connectivity index (χ1v) is 10.3. The van der Waals surface area contributed by atoms with Gasteiger partial charge in [-0.2, -0.15) is 0 Å². The van der Waals surface area contributed by atoms with E-state index in [1.54, 1.807) is 24.3 Å². The van der Waals surface area contributed by atoms with Gasteiger partial charge in [0.05, 0.1) is 11.6 Å². The Labute approximate surface area is 196 Å². The maximum absolute atomic E-state index is 13.1. The molecular weight excluding hydrogens is 482 g/mol. The summed E-state index contributed by atoms with van der Waals surface area (Å²) in [6.07, 6.45) is 1.47. The minimum atomic E-state index is -0.529. The number of rotatable bonds is 7. The number of hydrogen-bond donors (Lipinski definition) is 1. The number of aromatic nitrogens is 3. The van der Waals surface area contributed by atoms with Crippen LogP contribution in [0, 0.1) is 5.82 Å². The van der Waals surface area contributed by atoms with Gasteiger partial charge in [0.15, 0.2) is 5.76 Å². The third-order valence-electron chi connectivity index (χ3n) is 4.26. The van der Waals surface area contributed by atoms with E-state index in [2.05, 4.69) is 15.4 Å². The fraction of sp³-hybridized carbons (Fsp3) is 0.0952. The third-order valence-corrected chi connectivity index (χ3v) is 5.14. The lowest BCUT2D eigenvalue weighted by Gasteiger charge is -2.06. The van der Waals surface area contributed by atoms with Crippen molar-refractivity contribution in [3.05, 3.63) is 92.8 Å². The van der Waals surface area contributed by atoms with Crippen molar-refractivity contribution in [2.24, 2.45) is 0 Å². The number of nitrogens with one attached hydrogen (secondary N) is 1. The average Bonchev–Trinajstić information content (AvgIpc) is 3.39. The van der Waals surface area contributed by atoms with Crippen LogP contribution in [-0.2, 0) is 13.2 Å². The first kappa shape index (κ1) is 22.1. The molecule has 0 aliphatic carbocycles. The monoisotopic (exact) mass is 494 g/mol. The number of carbonyl (C=O) groups is 1. The molecule has 0 spiro atoms. The molecule has 2 aromatic heterocycles. The fourth-order valence-electron chi connectivity index (χ4n) is 2.73. The molecule has 0 aliphatic heterocycles. The van der Waals surface area contributed by atoms with E-state index in [1.807, 2.05) is 0 Å². The summed E-state index contributed by atoms with van der Waals surface area (Å²) in [5.74, 6) is -0.166. The molecule has 11 heteroatoms. The largest absolute Gasteiger partial charge is 0.484 e. The Kier molecular flexibility index (Phi) is 6.64. The van der Waals surface area contributed by atoms with Crippen LogP contribution in [0.3, 0.4) is 0 Å². The Hall–Kier alpha value is -3.07. The van der Waals surface area contributed by atoms with E-state index >= 15 is 0 Å². The number of halogens is 4. The number of anilines is 1. The van der Waals surface area contributed by atoms with Gasteiger partial charge in [-0.1, -0.05) is 40.9 Å². The quantitative estimate of drug-likeness (QED) is 0.348. The topological polar surface area (TPSA) is 82.2 Å². The Morgan fingerprint density at radius 1 is 1.09 bits per heavy atom. The van der Waals surface area contributed by atoms with Crippen molar-refractivity contribution in [3.8, 4) is 5.75 Å². The smallest absolute Gasteiger partial charge is 0.293 e. The number of ether oxygens (including phenoxy) is 1. The van der Waals surface area contributed by atoms with E-state index in [4.69, 9.17) is 44.0 Å². The van der Waals surface area contributed by atoms with Gasteiger partial charge in [-0.3, -0.25) is 10.1 Å². The van der Waals surface area contributed by atoms with Gasteiger partial charge in [0.25, 0.3) is 5.91 Å². The van der Waals surface area contributed by atoms with Crippen molar-refractivity contribution in [1.82, 2.24) is 14.8 Å². The average molecular weight is 496 g/mol. The van der Waals surface area contributed by atoms with Crippen LogP contribution in [0.5, 0.6) is 5.75 Å². The SMILES string of the molecule is O=C(Nc1ncn(Cc2ccc(Cl)cc2Cl)n1)c1ccc(COc2ccc(F)cc2Cl)o1. The van der Waals surface area contributed by atoms with Crippen LogP contribution in [-0.4, -0.2) is 20.7 Å². The number of benzene rings is 2. The van der Waals surface area contributed by atoms with Gasteiger partial charge >= 0.3 is 0 Å². The number of hydrogen-bond acceptors (Lipinski definition) is 5. The lowest BCUT2D eigenvalue weighted by Crippen LogP contribution is -2.12. The van der Waals surface area contributed by atoms with E-state index in [-0.39, 0.29) is 23.3 Å². The van der Waals surface area contributed by atoms with E-state index in [9.17, 15) is 9.18 Å². The standard InChI is InChI=1S/C21H14Cl3FN4O3/c22-13-2-1-12(16(23)7-13)9-29-11-26-21(28-29)27-20(30)19-6-4-15(32-19)10-31-18-5-3-14(25)8-17(18)24/h1-8,11H,9-10H2,(H,27,28,30). The van der Waals surface area contributed by atoms with Crippen molar-refractivity contribution in [2.45, 2.75) is 13.2 Å². The third kappa shape index (κ3) is 5.40. The maximum atomic E-state index is 13.1. The predicted molar refractivity (Wildman–Crippen MR) is 118 cm³/mol. The molecule has 0 aliphatic rings. The molecule has 4 aromatic rings. The maximum Gasteiger partial charge on any atom is 0.293 e. The summed E-state index contributed by atoms with van der Waals surface area (Å²) in [7, 11) is 0. The van der Waals surface area contributed by atoms with Crippen LogP contribution in [0.25, 0.3) is 0 Å². The zero-order valence-electron chi connectivity index (χ0n) is 16.2. The van der Waals surface area contributed by atoms with Crippen LogP contribution >= 0.6 is 34.8 Å². The molecule has 0 fully saturated rings. The highest BCUT2D eigenvalue weighted by atomic mass is 35.5. The fourth-order valence-corrected chi connectivity index (χ4v) is 3.42. The molecule has 164 valence electrons. The Morgan fingerprint density at radius 3 is 2.72 bits per heavy atom. The van der Waals surface area contributed by atoms with Crippen LogP contribution in [0.15, 0.2) is 59.3 Å². The Balaban J connectivity index is 1.35. The molecule has 2 aromatic carbocycles. The molecule has 0 atom stereocenters. The van der Waals surface area contributed by atoms with Gasteiger partial charge in [0, 0.05) is 10.0 Å². The lowest BCUT2D eigenvalue weighted by molar-refractivity contribution is 0.0991. The van der Waals surface area contributed by atoms with Crippen molar-refractivity contribution in [2.75, 3.05) is 5.32 Å². The minimum absolute atomic E-state index is 0.00730. The molecular formula is C21H14Cl3FN4O3. The highest BCUT2D eigenvalue weighted by molar-refractivity contribution is 6.35.